The molecule has 0 amide bonds. The average molecular weight is 230 g/mol. The maximum atomic E-state index is 5.61. The van der Waals surface area contributed by atoms with Crippen LogP contribution in [0.15, 0.2) is 18.2 Å². The minimum Gasteiger partial charge on any atom is -0.371 e. The van der Waals surface area contributed by atoms with Gasteiger partial charge in [0.25, 0.3) is 0 Å². The Morgan fingerprint density at radius 3 is 2.94 bits per heavy atom. The van der Waals surface area contributed by atoms with Crippen molar-refractivity contribution in [1.29, 1.82) is 0 Å². The van der Waals surface area contributed by atoms with Crippen molar-refractivity contribution < 1.29 is 0 Å². The SMILES string of the molecule is NCCCc1cccc2c1CCN2CC1CC1. The van der Waals surface area contributed by atoms with Crippen LogP contribution in [0, 0.1) is 5.92 Å². The second kappa shape index (κ2) is 4.69. The molecule has 1 aromatic carbocycles. The summed E-state index contributed by atoms with van der Waals surface area (Å²) >= 11 is 0. The average Bonchev–Trinajstić information content (AvgIpc) is 3.07. The summed E-state index contributed by atoms with van der Waals surface area (Å²) in [6.45, 7) is 3.31. The number of fused-ring (bicyclic) bond motifs is 1. The van der Waals surface area contributed by atoms with Crippen molar-refractivity contribution in [2.45, 2.75) is 32.1 Å². The van der Waals surface area contributed by atoms with Crippen LogP contribution in [-0.4, -0.2) is 19.6 Å². The largest absolute Gasteiger partial charge is 0.371 e. The topological polar surface area (TPSA) is 29.3 Å². The first kappa shape index (κ1) is 11.1. The predicted molar refractivity (Wildman–Crippen MR) is 72.5 cm³/mol. The number of hydrogen-bond acceptors (Lipinski definition) is 2. The molecule has 1 aliphatic heterocycles. The van der Waals surface area contributed by atoms with Crippen LogP contribution in [0.4, 0.5) is 5.69 Å². The van der Waals surface area contributed by atoms with E-state index in [1.165, 1.54) is 43.6 Å². The molecule has 0 aromatic heterocycles. The van der Waals surface area contributed by atoms with Gasteiger partial charge in [0.05, 0.1) is 0 Å². The van der Waals surface area contributed by atoms with E-state index in [2.05, 4.69) is 23.1 Å². The molecule has 0 atom stereocenters. The van der Waals surface area contributed by atoms with E-state index < -0.39 is 0 Å². The molecule has 17 heavy (non-hydrogen) atoms. The van der Waals surface area contributed by atoms with Crippen molar-refractivity contribution in [1.82, 2.24) is 0 Å². The molecule has 1 saturated carbocycles. The lowest BCUT2D eigenvalue weighted by Gasteiger charge is -2.19. The molecule has 1 heterocycles. The molecule has 0 radical (unpaired) electrons. The van der Waals surface area contributed by atoms with Gasteiger partial charge in [-0.05, 0) is 61.8 Å². The summed E-state index contributed by atoms with van der Waals surface area (Å²) in [5.74, 6) is 0.980. The Bertz CT molecular complexity index is 396. The molecule has 0 spiro atoms. The highest BCUT2D eigenvalue weighted by molar-refractivity contribution is 5.61. The van der Waals surface area contributed by atoms with E-state index in [9.17, 15) is 0 Å². The molecule has 3 rings (SSSR count). The predicted octanol–water partition coefficient (Wildman–Crippen LogP) is 2.35. The molecule has 2 nitrogen and oxygen atoms in total. The van der Waals surface area contributed by atoms with Crippen molar-refractivity contribution in [3.05, 3.63) is 29.3 Å². The number of benzene rings is 1. The van der Waals surface area contributed by atoms with Gasteiger partial charge in [0, 0.05) is 18.8 Å². The van der Waals surface area contributed by atoms with Gasteiger partial charge in [0.15, 0.2) is 0 Å². The third kappa shape index (κ3) is 2.32. The molecule has 92 valence electrons. The molecule has 2 heteroatoms. The summed E-state index contributed by atoms with van der Waals surface area (Å²) in [6, 6.07) is 6.81. The Labute approximate surface area is 104 Å². The molecule has 1 aromatic rings. The summed E-state index contributed by atoms with van der Waals surface area (Å²) in [5.41, 5.74) is 10.3. The number of nitrogens with two attached hydrogens (primary N) is 1. The van der Waals surface area contributed by atoms with Gasteiger partial charge in [-0.3, -0.25) is 0 Å². The first-order chi connectivity index (χ1) is 8.38. The van der Waals surface area contributed by atoms with Crippen molar-refractivity contribution in [3.8, 4) is 0 Å². The van der Waals surface area contributed by atoms with Crippen LogP contribution in [0.5, 0.6) is 0 Å². The van der Waals surface area contributed by atoms with Crippen LogP contribution >= 0.6 is 0 Å². The number of nitrogens with zero attached hydrogens (tertiary/aromatic N) is 1. The van der Waals surface area contributed by atoms with Crippen LogP contribution in [0.1, 0.15) is 30.4 Å². The zero-order valence-electron chi connectivity index (χ0n) is 10.5. The Balaban J connectivity index is 1.78. The van der Waals surface area contributed by atoms with E-state index in [-0.39, 0.29) is 0 Å². The van der Waals surface area contributed by atoms with Gasteiger partial charge in [0.2, 0.25) is 0 Å². The van der Waals surface area contributed by atoms with E-state index in [1.807, 2.05) is 0 Å². The molecular formula is C15H22N2. The van der Waals surface area contributed by atoms with Crippen molar-refractivity contribution >= 4 is 5.69 Å². The van der Waals surface area contributed by atoms with Crippen LogP contribution < -0.4 is 10.6 Å². The highest BCUT2D eigenvalue weighted by Gasteiger charge is 2.28. The molecule has 1 fully saturated rings. The monoisotopic (exact) mass is 230 g/mol. The normalized spacial score (nSPS) is 18.5. The third-order valence-electron chi connectivity index (χ3n) is 4.05. The van der Waals surface area contributed by atoms with E-state index >= 15 is 0 Å². The number of anilines is 1. The van der Waals surface area contributed by atoms with E-state index in [0.717, 1.165) is 25.3 Å². The first-order valence-corrected chi connectivity index (χ1v) is 6.94. The lowest BCUT2D eigenvalue weighted by Crippen LogP contribution is -2.22. The second-order valence-corrected chi connectivity index (χ2v) is 5.45. The lowest BCUT2D eigenvalue weighted by molar-refractivity contribution is 0.746. The Morgan fingerprint density at radius 1 is 1.29 bits per heavy atom. The fourth-order valence-electron chi connectivity index (χ4n) is 2.90. The molecular weight excluding hydrogens is 208 g/mol. The number of rotatable bonds is 5. The minimum atomic E-state index is 0.801. The second-order valence-electron chi connectivity index (χ2n) is 5.45. The van der Waals surface area contributed by atoms with E-state index in [4.69, 9.17) is 5.73 Å². The third-order valence-corrected chi connectivity index (χ3v) is 4.05. The zero-order valence-corrected chi connectivity index (χ0v) is 10.5. The lowest BCUT2D eigenvalue weighted by atomic mass is 10.0. The molecule has 0 saturated heterocycles. The smallest absolute Gasteiger partial charge is 0.0402 e. The van der Waals surface area contributed by atoms with Gasteiger partial charge in [-0.2, -0.15) is 0 Å². The molecule has 0 bridgehead atoms. The van der Waals surface area contributed by atoms with Crippen molar-refractivity contribution in [2.75, 3.05) is 24.5 Å². The maximum absolute atomic E-state index is 5.61. The van der Waals surface area contributed by atoms with Crippen LogP contribution in [0.2, 0.25) is 0 Å². The highest BCUT2D eigenvalue weighted by atomic mass is 15.2. The molecule has 1 aliphatic carbocycles. The Morgan fingerprint density at radius 2 is 2.18 bits per heavy atom. The fourth-order valence-corrected chi connectivity index (χ4v) is 2.90. The first-order valence-electron chi connectivity index (χ1n) is 6.94. The van der Waals surface area contributed by atoms with Crippen LogP contribution in [0.3, 0.4) is 0 Å². The highest BCUT2D eigenvalue weighted by Crippen LogP contribution is 2.36. The van der Waals surface area contributed by atoms with Gasteiger partial charge < -0.3 is 10.6 Å². The van der Waals surface area contributed by atoms with E-state index in [0.29, 0.717) is 0 Å². The Kier molecular flexibility index (Phi) is 3.06. The van der Waals surface area contributed by atoms with Crippen molar-refractivity contribution in [3.63, 3.8) is 0 Å². The standard InChI is InChI=1S/C15H22N2/c16-9-2-4-13-3-1-5-15-14(13)8-10-17(15)11-12-6-7-12/h1,3,5,12H,2,4,6-11,16H2. The number of hydrogen-bond donors (Lipinski definition) is 1. The minimum absolute atomic E-state index is 0.801. The van der Waals surface area contributed by atoms with Gasteiger partial charge in [-0.1, -0.05) is 12.1 Å². The Hall–Kier alpha value is -1.02. The molecule has 2 aliphatic rings. The van der Waals surface area contributed by atoms with Gasteiger partial charge >= 0.3 is 0 Å². The summed E-state index contributed by atoms with van der Waals surface area (Å²) in [6.07, 6.45) is 6.39. The summed E-state index contributed by atoms with van der Waals surface area (Å²) in [7, 11) is 0. The van der Waals surface area contributed by atoms with Crippen LogP contribution in [0.25, 0.3) is 0 Å². The number of aryl methyl sites for hydroxylation is 1. The zero-order chi connectivity index (χ0) is 11.7. The van der Waals surface area contributed by atoms with Gasteiger partial charge in [0.1, 0.15) is 0 Å². The summed E-state index contributed by atoms with van der Waals surface area (Å²) in [4.78, 5) is 2.60. The fraction of sp³-hybridized carbons (Fsp3) is 0.600. The molecule has 0 unspecified atom stereocenters. The van der Waals surface area contributed by atoms with Gasteiger partial charge in [-0.15, -0.1) is 0 Å². The quantitative estimate of drug-likeness (QED) is 0.841. The summed E-state index contributed by atoms with van der Waals surface area (Å²) in [5, 5.41) is 0. The maximum Gasteiger partial charge on any atom is 0.0402 e. The van der Waals surface area contributed by atoms with Gasteiger partial charge in [-0.25, -0.2) is 0 Å². The van der Waals surface area contributed by atoms with Crippen molar-refractivity contribution in [2.24, 2.45) is 11.7 Å². The summed E-state index contributed by atoms with van der Waals surface area (Å²) < 4.78 is 0. The van der Waals surface area contributed by atoms with E-state index in [1.54, 1.807) is 5.56 Å². The molecule has 2 N–H and O–H groups in total. The van der Waals surface area contributed by atoms with Crippen LogP contribution in [-0.2, 0) is 12.8 Å².